The van der Waals surface area contributed by atoms with E-state index >= 15 is 0 Å². The zero-order valence-electron chi connectivity index (χ0n) is 15.3. The molecule has 1 N–H and O–H groups in total. The predicted octanol–water partition coefficient (Wildman–Crippen LogP) is 2.55. The number of ether oxygens (including phenoxy) is 1. The summed E-state index contributed by atoms with van der Waals surface area (Å²) in [7, 11) is -1.98. The zero-order chi connectivity index (χ0) is 19.9. The summed E-state index contributed by atoms with van der Waals surface area (Å²) < 4.78 is 45.6. The van der Waals surface area contributed by atoms with Crippen LogP contribution in [0.4, 0.5) is 4.39 Å². The van der Waals surface area contributed by atoms with E-state index in [0.29, 0.717) is 24.3 Å². The van der Waals surface area contributed by atoms with Crippen LogP contribution in [-0.2, 0) is 21.4 Å². The smallest absolute Gasteiger partial charge is 0.260 e. The summed E-state index contributed by atoms with van der Waals surface area (Å²) in [5.74, 6) is -0.316. The minimum atomic E-state index is -3.54. The number of carbonyl (C=O) groups is 1. The minimum Gasteiger partial charge on any atom is -0.484 e. The highest BCUT2D eigenvalue weighted by molar-refractivity contribution is 7.89. The Hall–Kier alpha value is -2.45. The molecule has 0 radical (unpaired) electrons. The molecule has 0 unspecified atom stereocenters. The third-order valence-corrected chi connectivity index (χ3v) is 5.31. The molecule has 6 nitrogen and oxygen atoms in total. The molecule has 8 heteroatoms. The molecule has 0 fully saturated rings. The summed E-state index contributed by atoms with van der Waals surface area (Å²) in [5.41, 5.74) is 0.419. The molecule has 0 aromatic heterocycles. The molecule has 2 rings (SSSR count). The average Bonchev–Trinajstić information content (AvgIpc) is 2.66. The molecule has 0 saturated carbocycles. The summed E-state index contributed by atoms with van der Waals surface area (Å²) in [4.78, 5) is 13.6. The van der Waals surface area contributed by atoms with Crippen LogP contribution in [0, 0.1) is 5.82 Å². The molecule has 27 heavy (non-hydrogen) atoms. The van der Waals surface area contributed by atoms with E-state index in [9.17, 15) is 17.6 Å². The van der Waals surface area contributed by atoms with Crippen LogP contribution in [0.5, 0.6) is 5.75 Å². The number of halogens is 1. The van der Waals surface area contributed by atoms with E-state index in [1.54, 1.807) is 25.2 Å². The normalized spacial score (nSPS) is 11.2. The number of nitrogens with zero attached hydrogens (tertiary/aromatic N) is 1. The minimum absolute atomic E-state index is 0.131. The second-order valence-electron chi connectivity index (χ2n) is 6.00. The Morgan fingerprint density at radius 1 is 1.15 bits per heavy atom. The number of amides is 1. The van der Waals surface area contributed by atoms with Gasteiger partial charge in [0.15, 0.2) is 6.61 Å². The molecular formula is C19H23FN2O4S. The highest BCUT2D eigenvalue weighted by Gasteiger charge is 2.14. The quantitative estimate of drug-likeness (QED) is 0.709. The molecule has 1 amide bonds. The van der Waals surface area contributed by atoms with Crippen molar-refractivity contribution in [2.24, 2.45) is 0 Å². The molecule has 0 spiro atoms. The molecule has 0 saturated heterocycles. The monoisotopic (exact) mass is 394 g/mol. The first-order valence-corrected chi connectivity index (χ1v) is 10.0. The fourth-order valence-electron chi connectivity index (χ4n) is 2.26. The molecule has 146 valence electrons. The predicted molar refractivity (Wildman–Crippen MR) is 100 cm³/mol. The first-order chi connectivity index (χ1) is 12.8. The van der Waals surface area contributed by atoms with Crippen molar-refractivity contribution in [1.29, 1.82) is 0 Å². The van der Waals surface area contributed by atoms with Gasteiger partial charge in [-0.15, -0.1) is 0 Å². The van der Waals surface area contributed by atoms with Gasteiger partial charge in [0.25, 0.3) is 5.91 Å². The lowest BCUT2D eigenvalue weighted by molar-refractivity contribution is -0.132. The summed E-state index contributed by atoms with van der Waals surface area (Å²) >= 11 is 0. The van der Waals surface area contributed by atoms with Crippen LogP contribution in [0.3, 0.4) is 0 Å². The topological polar surface area (TPSA) is 75.7 Å². The highest BCUT2D eigenvalue weighted by Crippen LogP contribution is 2.16. The van der Waals surface area contributed by atoms with Crippen LogP contribution in [-0.4, -0.2) is 39.4 Å². The van der Waals surface area contributed by atoms with Crippen LogP contribution >= 0.6 is 0 Å². The molecule has 0 aliphatic carbocycles. The van der Waals surface area contributed by atoms with Gasteiger partial charge in [-0.1, -0.05) is 25.1 Å². The van der Waals surface area contributed by atoms with Gasteiger partial charge in [-0.3, -0.25) is 4.79 Å². The molecule has 0 heterocycles. The lowest BCUT2D eigenvalue weighted by Crippen LogP contribution is -2.31. The van der Waals surface area contributed by atoms with Crippen LogP contribution in [0.2, 0.25) is 0 Å². The Labute approximate surface area is 159 Å². The molecule has 2 aromatic rings. The zero-order valence-corrected chi connectivity index (χ0v) is 16.1. The van der Waals surface area contributed by atoms with E-state index in [-0.39, 0.29) is 29.8 Å². The van der Waals surface area contributed by atoms with Gasteiger partial charge >= 0.3 is 0 Å². The molecule has 0 aliphatic rings. The maximum absolute atomic E-state index is 13.7. The van der Waals surface area contributed by atoms with Crippen molar-refractivity contribution < 1.29 is 22.3 Å². The molecule has 0 atom stereocenters. The summed E-state index contributed by atoms with van der Waals surface area (Å²) in [5, 5.41) is 0. The van der Waals surface area contributed by atoms with Gasteiger partial charge in [0.1, 0.15) is 11.6 Å². The number of rotatable bonds is 9. The Kier molecular flexibility index (Phi) is 7.32. The van der Waals surface area contributed by atoms with E-state index < -0.39 is 10.0 Å². The molecule has 2 aromatic carbocycles. The third-order valence-electron chi connectivity index (χ3n) is 3.83. The summed E-state index contributed by atoms with van der Waals surface area (Å²) in [6.45, 7) is 2.14. The van der Waals surface area contributed by atoms with Gasteiger partial charge in [-0.05, 0) is 36.8 Å². The third kappa shape index (κ3) is 6.04. The lowest BCUT2D eigenvalue weighted by Gasteiger charge is -2.18. The molecule has 0 aliphatic heterocycles. The standard InChI is InChI=1S/C19H23FN2O4S/c1-3-12-21-27(24,25)17-10-8-16(9-11-17)26-14-19(23)22(2)13-15-6-4-5-7-18(15)20/h4-11,21H,3,12-14H2,1-2H3. The Morgan fingerprint density at radius 2 is 1.81 bits per heavy atom. The molecular weight excluding hydrogens is 371 g/mol. The van der Waals surface area contributed by atoms with Crippen LogP contribution in [0.25, 0.3) is 0 Å². The fourth-order valence-corrected chi connectivity index (χ4v) is 3.39. The summed E-state index contributed by atoms with van der Waals surface area (Å²) in [6, 6.07) is 12.1. The number of sulfonamides is 1. The van der Waals surface area contributed by atoms with E-state index in [0.717, 1.165) is 0 Å². The fraction of sp³-hybridized carbons (Fsp3) is 0.316. The van der Waals surface area contributed by atoms with Crippen molar-refractivity contribution in [3.8, 4) is 5.75 Å². The van der Waals surface area contributed by atoms with Crippen molar-refractivity contribution in [3.63, 3.8) is 0 Å². The highest BCUT2D eigenvalue weighted by atomic mass is 32.2. The van der Waals surface area contributed by atoms with Gasteiger partial charge in [0.05, 0.1) is 4.90 Å². The first-order valence-electron chi connectivity index (χ1n) is 8.53. The van der Waals surface area contributed by atoms with Crippen molar-refractivity contribution in [2.45, 2.75) is 24.8 Å². The number of likely N-dealkylation sites (N-methyl/N-ethyl adjacent to an activating group) is 1. The maximum atomic E-state index is 13.7. The lowest BCUT2D eigenvalue weighted by atomic mass is 10.2. The van der Waals surface area contributed by atoms with Gasteiger partial charge in [-0.2, -0.15) is 0 Å². The van der Waals surface area contributed by atoms with E-state index in [2.05, 4.69) is 4.72 Å². The second kappa shape index (κ2) is 9.48. The Morgan fingerprint density at radius 3 is 2.44 bits per heavy atom. The average molecular weight is 394 g/mol. The summed E-state index contributed by atoms with van der Waals surface area (Å²) in [6.07, 6.45) is 0.697. The van der Waals surface area contributed by atoms with Gasteiger partial charge in [-0.25, -0.2) is 17.5 Å². The van der Waals surface area contributed by atoms with Gasteiger partial charge in [0.2, 0.25) is 10.0 Å². The molecule has 0 bridgehead atoms. The van der Waals surface area contributed by atoms with Crippen molar-refractivity contribution >= 4 is 15.9 Å². The number of hydrogen-bond donors (Lipinski definition) is 1. The van der Waals surface area contributed by atoms with Crippen molar-refractivity contribution in [1.82, 2.24) is 9.62 Å². The maximum Gasteiger partial charge on any atom is 0.260 e. The van der Waals surface area contributed by atoms with Crippen LogP contribution in [0.15, 0.2) is 53.4 Å². The SMILES string of the molecule is CCCNS(=O)(=O)c1ccc(OCC(=O)N(C)Cc2ccccc2F)cc1. The second-order valence-corrected chi connectivity index (χ2v) is 7.77. The Bertz CT molecular complexity index is 870. The number of benzene rings is 2. The first kappa shape index (κ1) is 20.9. The van der Waals surface area contributed by atoms with Crippen LogP contribution < -0.4 is 9.46 Å². The van der Waals surface area contributed by atoms with Crippen LogP contribution in [0.1, 0.15) is 18.9 Å². The van der Waals surface area contributed by atoms with Crippen molar-refractivity contribution in [2.75, 3.05) is 20.2 Å². The van der Waals surface area contributed by atoms with E-state index in [1.807, 2.05) is 6.92 Å². The van der Waals surface area contributed by atoms with Crippen molar-refractivity contribution in [3.05, 3.63) is 59.9 Å². The number of carbonyl (C=O) groups excluding carboxylic acids is 1. The van der Waals surface area contributed by atoms with Gasteiger partial charge in [0, 0.05) is 25.7 Å². The number of hydrogen-bond acceptors (Lipinski definition) is 4. The number of nitrogens with one attached hydrogen (secondary N) is 1. The largest absolute Gasteiger partial charge is 0.484 e. The van der Waals surface area contributed by atoms with E-state index in [1.165, 1.54) is 35.2 Å². The van der Waals surface area contributed by atoms with E-state index in [4.69, 9.17) is 4.74 Å². The Balaban J connectivity index is 1.90. The van der Waals surface area contributed by atoms with Gasteiger partial charge < -0.3 is 9.64 Å².